The van der Waals surface area contributed by atoms with E-state index in [1.54, 1.807) is 10.9 Å². The molecule has 1 aromatic heterocycles. The molecule has 0 aliphatic carbocycles. The van der Waals surface area contributed by atoms with Crippen LogP contribution in [0.5, 0.6) is 0 Å². The first kappa shape index (κ1) is 14.1. The van der Waals surface area contributed by atoms with Crippen LogP contribution in [-0.2, 0) is 12.7 Å². The fourth-order valence-electron chi connectivity index (χ4n) is 1.91. The summed E-state index contributed by atoms with van der Waals surface area (Å²) in [6.07, 6.45) is -0.428. The van der Waals surface area contributed by atoms with Gasteiger partial charge in [0.25, 0.3) is 0 Å². The van der Waals surface area contributed by atoms with Gasteiger partial charge in [0.2, 0.25) is 0 Å². The van der Waals surface area contributed by atoms with E-state index in [0.29, 0.717) is 12.1 Å². The molecule has 0 unspecified atom stereocenters. The molecule has 0 atom stereocenters. The minimum atomic E-state index is -4.43. The average molecular weight is 279 g/mol. The maximum Gasteiger partial charge on any atom is 0.416 e. The van der Waals surface area contributed by atoms with Gasteiger partial charge in [-0.25, -0.2) is 0 Å². The molecule has 0 amide bonds. The maximum atomic E-state index is 12.7. The van der Waals surface area contributed by atoms with Gasteiger partial charge in [0.05, 0.1) is 23.4 Å². The first-order valence-corrected chi connectivity index (χ1v) is 6.10. The molecule has 0 spiro atoms. The number of nitriles is 1. The van der Waals surface area contributed by atoms with E-state index in [1.807, 2.05) is 13.0 Å². The van der Waals surface area contributed by atoms with Crippen molar-refractivity contribution >= 4 is 0 Å². The van der Waals surface area contributed by atoms with E-state index in [-0.39, 0.29) is 11.1 Å². The molecule has 1 heterocycles. The van der Waals surface area contributed by atoms with E-state index in [9.17, 15) is 13.2 Å². The zero-order chi connectivity index (χ0) is 14.8. The zero-order valence-electron chi connectivity index (χ0n) is 10.8. The van der Waals surface area contributed by atoms with E-state index in [0.717, 1.165) is 18.6 Å². The Morgan fingerprint density at radius 2 is 2.10 bits per heavy atom. The molecule has 0 radical (unpaired) electrons. The van der Waals surface area contributed by atoms with Crippen molar-refractivity contribution in [2.45, 2.75) is 26.1 Å². The Labute approximate surface area is 114 Å². The molecule has 6 heteroatoms. The quantitative estimate of drug-likeness (QED) is 0.856. The summed E-state index contributed by atoms with van der Waals surface area (Å²) in [4.78, 5) is 0. The predicted octanol–water partition coefficient (Wildman–Crippen LogP) is 3.85. The first-order valence-electron chi connectivity index (χ1n) is 6.10. The number of benzene rings is 1. The monoisotopic (exact) mass is 279 g/mol. The molecule has 2 rings (SSSR count). The van der Waals surface area contributed by atoms with E-state index >= 15 is 0 Å². The number of hydrogen-bond acceptors (Lipinski definition) is 2. The van der Waals surface area contributed by atoms with Gasteiger partial charge in [0.15, 0.2) is 0 Å². The maximum absolute atomic E-state index is 12.7. The van der Waals surface area contributed by atoms with Gasteiger partial charge in [-0.2, -0.15) is 23.5 Å². The van der Waals surface area contributed by atoms with Crippen molar-refractivity contribution in [2.75, 3.05) is 0 Å². The zero-order valence-corrected chi connectivity index (χ0v) is 10.8. The number of halogens is 3. The lowest BCUT2D eigenvalue weighted by molar-refractivity contribution is -0.137. The van der Waals surface area contributed by atoms with Crippen molar-refractivity contribution in [3.63, 3.8) is 0 Å². The topological polar surface area (TPSA) is 41.6 Å². The third kappa shape index (κ3) is 2.82. The van der Waals surface area contributed by atoms with Crippen molar-refractivity contribution in [1.82, 2.24) is 9.78 Å². The van der Waals surface area contributed by atoms with Crippen LogP contribution >= 0.6 is 0 Å². The normalized spacial score (nSPS) is 11.3. The second-order valence-corrected chi connectivity index (χ2v) is 4.36. The van der Waals surface area contributed by atoms with Crippen molar-refractivity contribution in [2.24, 2.45) is 0 Å². The van der Waals surface area contributed by atoms with Gasteiger partial charge in [0, 0.05) is 23.9 Å². The summed E-state index contributed by atoms with van der Waals surface area (Å²) in [5.41, 5.74) is 0.203. The highest BCUT2D eigenvalue weighted by Crippen LogP contribution is 2.33. The molecule has 0 N–H and O–H groups in total. The highest BCUT2D eigenvalue weighted by atomic mass is 19.4. The lowest BCUT2D eigenvalue weighted by Crippen LogP contribution is -2.05. The molecule has 0 saturated heterocycles. The molecule has 20 heavy (non-hydrogen) atoms. The van der Waals surface area contributed by atoms with Gasteiger partial charge in [-0.05, 0) is 24.6 Å². The molecular weight excluding hydrogens is 267 g/mol. The number of rotatable bonds is 3. The summed E-state index contributed by atoms with van der Waals surface area (Å²) in [5, 5.41) is 13.1. The lowest BCUT2D eigenvalue weighted by atomic mass is 10.00. The number of aryl methyl sites for hydroxylation is 1. The Bertz CT molecular complexity index is 650. The summed E-state index contributed by atoms with van der Waals surface area (Å²) in [7, 11) is 0. The summed E-state index contributed by atoms with van der Waals surface area (Å²) in [5.74, 6) is 0. The summed E-state index contributed by atoms with van der Waals surface area (Å²) >= 11 is 0. The summed E-state index contributed by atoms with van der Waals surface area (Å²) in [6.45, 7) is 2.66. The lowest BCUT2D eigenvalue weighted by Gasteiger charge is -2.09. The van der Waals surface area contributed by atoms with E-state index < -0.39 is 11.7 Å². The van der Waals surface area contributed by atoms with Crippen LogP contribution in [0.3, 0.4) is 0 Å². The number of nitrogens with zero attached hydrogens (tertiary/aromatic N) is 3. The van der Waals surface area contributed by atoms with Gasteiger partial charge in [-0.1, -0.05) is 6.92 Å². The molecule has 104 valence electrons. The van der Waals surface area contributed by atoms with Gasteiger partial charge in [0.1, 0.15) is 0 Å². The second-order valence-electron chi connectivity index (χ2n) is 4.36. The molecule has 0 aliphatic heterocycles. The van der Waals surface area contributed by atoms with Crippen LogP contribution < -0.4 is 0 Å². The van der Waals surface area contributed by atoms with Crippen LogP contribution in [0.1, 0.15) is 24.5 Å². The Hall–Kier alpha value is -2.29. The Kier molecular flexibility index (Phi) is 3.79. The van der Waals surface area contributed by atoms with E-state index in [4.69, 9.17) is 5.26 Å². The van der Waals surface area contributed by atoms with Gasteiger partial charge in [-0.3, -0.25) is 4.68 Å². The summed E-state index contributed by atoms with van der Waals surface area (Å²) in [6, 6.07) is 5.01. The number of aromatic nitrogens is 2. The van der Waals surface area contributed by atoms with E-state index in [2.05, 4.69) is 5.10 Å². The van der Waals surface area contributed by atoms with Crippen LogP contribution in [0.4, 0.5) is 13.2 Å². The van der Waals surface area contributed by atoms with Gasteiger partial charge in [-0.15, -0.1) is 0 Å². The van der Waals surface area contributed by atoms with Crippen LogP contribution in [0.25, 0.3) is 11.1 Å². The Balaban J connectivity index is 2.50. The Morgan fingerprint density at radius 1 is 1.35 bits per heavy atom. The highest BCUT2D eigenvalue weighted by Gasteiger charge is 2.31. The molecule has 0 aliphatic rings. The molecule has 2 aromatic rings. The molecule has 1 aromatic carbocycles. The highest BCUT2D eigenvalue weighted by molar-refractivity contribution is 5.70. The van der Waals surface area contributed by atoms with Crippen molar-refractivity contribution in [1.29, 1.82) is 5.26 Å². The average Bonchev–Trinajstić information content (AvgIpc) is 2.86. The van der Waals surface area contributed by atoms with Crippen molar-refractivity contribution in [3.8, 4) is 17.2 Å². The Morgan fingerprint density at radius 3 is 2.70 bits per heavy atom. The molecule has 0 bridgehead atoms. The molecular formula is C14H12F3N3. The largest absolute Gasteiger partial charge is 0.416 e. The van der Waals surface area contributed by atoms with Crippen LogP contribution in [0.15, 0.2) is 30.6 Å². The summed E-state index contributed by atoms with van der Waals surface area (Å²) < 4.78 is 39.9. The third-order valence-electron chi connectivity index (χ3n) is 2.86. The predicted molar refractivity (Wildman–Crippen MR) is 67.7 cm³/mol. The number of hydrogen-bond donors (Lipinski definition) is 0. The minimum Gasteiger partial charge on any atom is -0.272 e. The van der Waals surface area contributed by atoms with Gasteiger partial charge < -0.3 is 0 Å². The smallest absolute Gasteiger partial charge is 0.272 e. The van der Waals surface area contributed by atoms with Crippen molar-refractivity contribution in [3.05, 3.63) is 41.7 Å². The van der Waals surface area contributed by atoms with Gasteiger partial charge >= 0.3 is 6.18 Å². The van der Waals surface area contributed by atoms with Crippen LogP contribution in [-0.4, -0.2) is 9.78 Å². The fourth-order valence-corrected chi connectivity index (χ4v) is 1.91. The molecule has 3 nitrogen and oxygen atoms in total. The SMILES string of the molecule is CCCn1cc(-c2cc(C(F)(F)F)ccc2C#N)cn1. The second kappa shape index (κ2) is 5.37. The molecule has 0 fully saturated rings. The van der Waals surface area contributed by atoms with Crippen molar-refractivity contribution < 1.29 is 13.2 Å². The standard InChI is InChI=1S/C14H12F3N3/c1-2-5-20-9-11(8-19-20)13-6-12(14(15,16)17)4-3-10(13)7-18/h3-4,6,8-9H,2,5H2,1H3. The van der Waals surface area contributed by atoms with Crippen LogP contribution in [0, 0.1) is 11.3 Å². The fraction of sp³-hybridized carbons (Fsp3) is 0.286. The van der Waals surface area contributed by atoms with Crippen LogP contribution in [0.2, 0.25) is 0 Å². The minimum absolute atomic E-state index is 0.203. The number of alkyl halides is 3. The molecule has 0 saturated carbocycles. The van der Waals surface area contributed by atoms with E-state index in [1.165, 1.54) is 12.3 Å². The first-order chi connectivity index (χ1) is 9.45. The third-order valence-corrected chi connectivity index (χ3v) is 2.86.